The van der Waals surface area contributed by atoms with Gasteiger partial charge < -0.3 is 14.9 Å². The van der Waals surface area contributed by atoms with Gasteiger partial charge in [-0.1, -0.05) is 30.3 Å². The lowest BCUT2D eigenvalue weighted by atomic mass is 10.2. The monoisotopic (exact) mass is 311 g/mol. The molecule has 20 heavy (non-hydrogen) atoms. The molecule has 0 aliphatic carbocycles. The Morgan fingerprint density at radius 2 is 2.05 bits per heavy atom. The number of thiophene rings is 1. The van der Waals surface area contributed by atoms with Crippen LogP contribution in [0, 0.1) is 0 Å². The minimum Gasteiger partial charge on any atom is -0.445 e. The predicted octanol–water partition coefficient (Wildman–Crippen LogP) is 2.53. The van der Waals surface area contributed by atoms with Gasteiger partial charge in [-0.05, 0) is 17.0 Å². The van der Waals surface area contributed by atoms with E-state index in [1.807, 2.05) is 30.3 Å². The molecule has 5 nitrogen and oxygen atoms in total. The second-order valence-electron chi connectivity index (χ2n) is 4.08. The number of rotatable bonds is 5. The minimum absolute atomic E-state index is 0.126. The highest BCUT2D eigenvalue weighted by molar-refractivity contribution is 7.66. The molecule has 1 aromatic carbocycles. The average Bonchev–Trinajstić information content (AvgIpc) is 2.99. The Kier molecular flexibility index (Phi) is 4.95. The van der Waals surface area contributed by atoms with Crippen molar-refractivity contribution in [3.8, 4) is 0 Å². The molecule has 1 amide bonds. The van der Waals surface area contributed by atoms with Crippen LogP contribution in [0.2, 0.25) is 0 Å². The van der Waals surface area contributed by atoms with Gasteiger partial charge in [-0.15, -0.1) is 0 Å². The van der Waals surface area contributed by atoms with Gasteiger partial charge in [0.2, 0.25) is 7.37 Å². The van der Waals surface area contributed by atoms with Gasteiger partial charge in [-0.3, -0.25) is 4.57 Å². The molecule has 0 bridgehead atoms. The van der Waals surface area contributed by atoms with Gasteiger partial charge in [0.15, 0.2) is 0 Å². The van der Waals surface area contributed by atoms with Crippen LogP contribution in [0.1, 0.15) is 5.56 Å². The Bertz CT molecular complexity index is 600. The van der Waals surface area contributed by atoms with Crippen molar-refractivity contribution in [2.24, 2.45) is 0 Å². The molecule has 1 atom stereocenters. The average molecular weight is 311 g/mol. The van der Waals surface area contributed by atoms with Gasteiger partial charge >= 0.3 is 6.09 Å². The highest BCUT2D eigenvalue weighted by atomic mass is 32.1. The van der Waals surface area contributed by atoms with Crippen molar-refractivity contribution in [2.75, 3.05) is 6.29 Å². The molecular formula is C13H14NO4PS. The zero-order chi connectivity index (χ0) is 14.4. The van der Waals surface area contributed by atoms with Crippen LogP contribution in [-0.4, -0.2) is 17.3 Å². The van der Waals surface area contributed by atoms with Gasteiger partial charge in [-0.25, -0.2) is 4.79 Å². The van der Waals surface area contributed by atoms with E-state index < -0.39 is 13.5 Å². The Labute approximate surface area is 120 Å². The third-order valence-corrected chi connectivity index (χ3v) is 5.09. The Morgan fingerprint density at radius 1 is 1.30 bits per heavy atom. The van der Waals surface area contributed by atoms with E-state index in [2.05, 4.69) is 5.32 Å². The highest BCUT2D eigenvalue weighted by Gasteiger charge is 2.22. The van der Waals surface area contributed by atoms with Crippen LogP contribution in [0.4, 0.5) is 4.79 Å². The lowest BCUT2D eigenvalue weighted by Gasteiger charge is -2.11. The third-order valence-electron chi connectivity index (χ3n) is 2.56. The Balaban J connectivity index is 1.79. The van der Waals surface area contributed by atoms with E-state index in [0.717, 1.165) is 5.56 Å². The summed E-state index contributed by atoms with van der Waals surface area (Å²) in [6.07, 6.45) is -1.05. The molecule has 1 aromatic heterocycles. The number of benzene rings is 1. The van der Waals surface area contributed by atoms with Crippen molar-refractivity contribution in [1.82, 2.24) is 5.32 Å². The van der Waals surface area contributed by atoms with Crippen LogP contribution in [0.5, 0.6) is 0 Å². The number of carbonyl (C=O) groups is 1. The minimum atomic E-state index is -3.55. The second kappa shape index (κ2) is 6.70. The largest absolute Gasteiger partial charge is 0.445 e. The number of hydrogen-bond donors (Lipinski definition) is 2. The molecule has 1 unspecified atom stereocenters. The van der Waals surface area contributed by atoms with Crippen LogP contribution < -0.4 is 10.6 Å². The van der Waals surface area contributed by atoms with E-state index in [1.54, 1.807) is 16.8 Å². The van der Waals surface area contributed by atoms with Gasteiger partial charge in [0.1, 0.15) is 12.9 Å². The first-order valence-electron chi connectivity index (χ1n) is 5.87. The molecule has 0 aliphatic rings. The summed E-state index contributed by atoms with van der Waals surface area (Å²) in [6, 6.07) is 10.8. The Hall–Kier alpha value is -1.62. The van der Waals surface area contributed by atoms with Crippen molar-refractivity contribution in [3.05, 3.63) is 52.7 Å². The van der Waals surface area contributed by atoms with Crippen LogP contribution in [0.25, 0.3) is 0 Å². The fraction of sp³-hybridized carbons (Fsp3) is 0.154. The smallest absolute Gasteiger partial charge is 0.407 e. The summed E-state index contributed by atoms with van der Waals surface area (Å²) >= 11 is 1.33. The van der Waals surface area contributed by atoms with E-state index in [1.165, 1.54) is 11.3 Å². The molecule has 0 fully saturated rings. The number of alkyl carbamates (subject to hydrolysis) is 1. The van der Waals surface area contributed by atoms with Crippen molar-refractivity contribution in [2.45, 2.75) is 6.61 Å². The number of nitrogens with one attached hydrogen (secondary N) is 1. The van der Waals surface area contributed by atoms with Crippen molar-refractivity contribution in [3.63, 3.8) is 0 Å². The van der Waals surface area contributed by atoms with Gasteiger partial charge in [0, 0.05) is 10.7 Å². The fourth-order valence-electron chi connectivity index (χ4n) is 1.49. The topological polar surface area (TPSA) is 75.6 Å². The lowest BCUT2D eigenvalue weighted by molar-refractivity contribution is 0.141. The molecule has 0 saturated heterocycles. The molecule has 0 spiro atoms. The lowest BCUT2D eigenvalue weighted by Crippen LogP contribution is -2.27. The van der Waals surface area contributed by atoms with Gasteiger partial charge in [0.05, 0.1) is 0 Å². The molecule has 106 valence electrons. The van der Waals surface area contributed by atoms with Crippen molar-refractivity contribution >= 4 is 30.1 Å². The summed E-state index contributed by atoms with van der Waals surface area (Å²) < 4.78 is 16.9. The maximum absolute atomic E-state index is 11.9. The van der Waals surface area contributed by atoms with Gasteiger partial charge in [-0.2, -0.15) is 11.3 Å². The summed E-state index contributed by atoms with van der Waals surface area (Å²) in [5.41, 5.74) is 0.854. The number of hydrogen-bond acceptors (Lipinski definition) is 4. The van der Waals surface area contributed by atoms with Crippen molar-refractivity contribution < 1.29 is 19.0 Å². The summed E-state index contributed by atoms with van der Waals surface area (Å²) in [5, 5.41) is 5.96. The maximum Gasteiger partial charge on any atom is 0.407 e. The molecular weight excluding hydrogens is 297 g/mol. The normalized spacial score (nSPS) is 13.4. The zero-order valence-corrected chi connectivity index (χ0v) is 12.3. The highest BCUT2D eigenvalue weighted by Crippen LogP contribution is 2.38. The first-order valence-corrected chi connectivity index (χ1v) is 8.66. The van der Waals surface area contributed by atoms with E-state index in [-0.39, 0.29) is 12.9 Å². The Morgan fingerprint density at radius 3 is 2.70 bits per heavy atom. The standard InChI is InChI=1S/C13H14NO4PS/c15-13(18-8-11-4-2-1-3-5-11)14-10-19(16,17)12-6-7-20-9-12/h1-7,9H,8,10H2,(H,14,15)(H,16,17). The number of ether oxygens (including phenoxy) is 1. The molecule has 2 rings (SSSR count). The first-order chi connectivity index (χ1) is 9.58. The first kappa shape index (κ1) is 14.8. The third kappa shape index (κ3) is 4.20. The van der Waals surface area contributed by atoms with Crippen LogP contribution in [0.3, 0.4) is 0 Å². The van der Waals surface area contributed by atoms with E-state index >= 15 is 0 Å². The van der Waals surface area contributed by atoms with Crippen LogP contribution >= 0.6 is 18.7 Å². The quantitative estimate of drug-likeness (QED) is 0.832. The number of carbonyl (C=O) groups excluding carboxylic acids is 1. The molecule has 2 aromatic rings. The fourth-order valence-corrected chi connectivity index (χ4v) is 3.79. The van der Waals surface area contributed by atoms with Gasteiger partial charge in [0.25, 0.3) is 0 Å². The SMILES string of the molecule is O=C(NCP(=O)(O)c1ccsc1)OCc1ccccc1. The molecule has 7 heteroatoms. The van der Waals surface area contributed by atoms with E-state index in [0.29, 0.717) is 5.30 Å². The predicted molar refractivity (Wildman–Crippen MR) is 78.4 cm³/mol. The van der Waals surface area contributed by atoms with E-state index in [9.17, 15) is 14.3 Å². The van der Waals surface area contributed by atoms with Crippen LogP contribution in [0.15, 0.2) is 47.2 Å². The molecule has 0 aliphatic heterocycles. The van der Waals surface area contributed by atoms with Crippen LogP contribution in [-0.2, 0) is 15.9 Å². The summed E-state index contributed by atoms with van der Waals surface area (Å²) in [7, 11) is -3.55. The maximum atomic E-state index is 11.9. The molecule has 0 saturated carbocycles. The van der Waals surface area contributed by atoms with E-state index in [4.69, 9.17) is 4.74 Å². The number of amides is 1. The molecule has 1 heterocycles. The molecule has 2 N–H and O–H groups in total. The molecule has 0 radical (unpaired) electrons. The summed E-state index contributed by atoms with van der Waals surface area (Å²) in [5.74, 6) is 0. The second-order valence-corrected chi connectivity index (χ2v) is 7.10. The van der Waals surface area contributed by atoms with Crippen molar-refractivity contribution in [1.29, 1.82) is 0 Å². The summed E-state index contributed by atoms with van der Waals surface area (Å²) in [6.45, 7) is 0.126. The zero-order valence-electron chi connectivity index (χ0n) is 10.6. The summed E-state index contributed by atoms with van der Waals surface area (Å²) in [4.78, 5) is 21.3.